The van der Waals surface area contributed by atoms with Crippen LogP contribution in [0.25, 0.3) is 0 Å². The van der Waals surface area contributed by atoms with E-state index in [2.05, 4.69) is 0 Å². The average Bonchev–Trinajstić information content (AvgIpc) is 3.07. The normalized spacial score (nSPS) is 16.2. The Morgan fingerprint density at radius 2 is 1.89 bits per heavy atom. The lowest BCUT2D eigenvalue weighted by atomic mass is 10.1. The van der Waals surface area contributed by atoms with Crippen LogP contribution < -0.4 is 14.4 Å². The fourth-order valence-electron chi connectivity index (χ4n) is 3.04. The second-order valence-electron chi connectivity index (χ2n) is 6.30. The number of amides is 1. The molecule has 1 saturated heterocycles. The molecule has 1 aliphatic heterocycles. The maximum Gasteiger partial charge on any atom is 0.311 e. The number of ether oxygens (including phenoxy) is 3. The number of benzene rings is 2. The lowest BCUT2D eigenvalue weighted by Gasteiger charge is -2.19. The number of rotatable bonds is 6. The summed E-state index contributed by atoms with van der Waals surface area (Å²) in [6.07, 6.45) is 0.0193. The smallest absolute Gasteiger partial charge is 0.311 e. The molecule has 0 aliphatic carbocycles. The zero-order valence-corrected chi connectivity index (χ0v) is 16.2. The van der Waals surface area contributed by atoms with Crippen LogP contribution in [-0.2, 0) is 20.9 Å². The number of methoxy groups -OCH3 is 2. The zero-order chi connectivity index (χ0) is 20.3. The van der Waals surface area contributed by atoms with Gasteiger partial charge in [0.25, 0.3) is 0 Å². The van der Waals surface area contributed by atoms with Crippen LogP contribution >= 0.6 is 11.6 Å². The summed E-state index contributed by atoms with van der Waals surface area (Å²) in [5.74, 6) is -1.31. The standard InChI is InChI=1S/C20H19ClFNO5/c1-26-17-5-3-12(7-15(17)22)11-28-20(25)13-8-19(24)23(10-13)16-9-14(21)4-6-18(16)27-2/h3-7,9,13H,8,10-11H2,1-2H3/t13-/m0/s1. The van der Waals surface area contributed by atoms with Gasteiger partial charge in [-0.3, -0.25) is 9.59 Å². The van der Waals surface area contributed by atoms with Crippen LogP contribution in [0.4, 0.5) is 10.1 Å². The van der Waals surface area contributed by atoms with Crippen molar-refractivity contribution in [3.05, 3.63) is 52.8 Å². The summed E-state index contributed by atoms with van der Waals surface area (Å²) < 4.78 is 29.1. The SMILES string of the molecule is COc1ccc(COC(=O)[C@H]2CC(=O)N(c3cc(Cl)ccc3OC)C2)cc1F. The molecule has 0 saturated carbocycles. The predicted octanol–water partition coefficient (Wildman–Crippen LogP) is 3.59. The number of hydrogen-bond donors (Lipinski definition) is 0. The molecule has 0 N–H and O–H groups in total. The maximum absolute atomic E-state index is 13.7. The van der Waals surface area contributed by atoms with Crippen molar-refractivity contribution in [3.63, 3.8) is 0 Å². The quantitative estimate of drug-likeness (QED) is 0.685. The topological polar surface area (TPSA) is 65.1 Å². The molecule has 148 valence electrons. The van der Waals surface area contributed by atoms with E-state index in [1.807, 2.05) is 0 Å². The van der Waals surface area contributed by atoms with E-state index in [-0.39, 0.29) is 31.2 Å². The third kappa shape index (κ3) is 4.20. The van der Waals surface area contributed by atoms with E-state index in [0.717, 1.165) is 0 Å². The first kappa shape index (κ1) is 19.9. The molecule has 2 aromatic rings. The van der Waals surface area contributed by atoms with E-state index in [0.29, 0.717) is 22.0 Å². The Morgan fingerprint density at radius 3 is 2.57 bits per heavy atom. The van der Waals surface area contributed by atoms with Gasteiger partial charge < -0.3 is 19.1 Å². The van der Waals surface area contributed by atoms with Gasteiger partial charge in [0.05, 0.1) is 25.8 Å². The number of halogens is 2. The molecule has 0 bridgehead atoms. The predicted molar refractivity (Wildman–Crippen MR) is 101 cm³/mol. The van der Waals surface area contributed by atoms with Crippen LogP contribution in [0.2, 0.25) is 5.02 Å². The van der Waals surface area contributed by atoms with Crippen LogP contribution in [-0.4, -0.2) is 32.6 Å². The first-order valence-corrected chi connectivity index (χ1v) is 8.93. The average molecular weight is 408 g/mol. The van der Waals surface area contributed by atoms with Gasteiger partial charge >= 0.3 is 5.97 Å². The molecule has 1 amide bonds. The number of carbonyl (C=O) groups is 2. The molecule has 1 fully saturated rings. The molecule has 8 heteroatoms. The fraction of sp³-hybridized carbons (Fsp3) is 0.300. The number of hydrogen-bond acceptors (Lipinski definition) is 5. The molecule has 28 heavy (non-hydrogen) atoms. The van der Waals surface area contributed by atoms with Crippen molar-refractivity contribution in [1.29, 1.82) is 0 Å². The molecule has 1 aliphatic rings. The fourth-order valence-corrected chi connectivity index (χ4v) is 3.21. The molecular formula is C20H19ClFNO5. The molecular weight excluding hydrogens is 389 g/mol. The minimum absolute atomic E-state index is 0.0193. The van der Waals surface area contributed by atoms with E-state index >= 15 is 0 Å². The van der Waals surface area contributed by atoms with Crippen LogP contribution in [0.15, 0.2) is 36.4 Å². The van der Waals surface area contributed by atoms with Crippen molar-refractivity contribution in [2.24, 2.45) is 5.92 Å². The number of carbonyl (C=O) groups excluding carboxylic acids is 2. The van der Waals surface area contributed by atoms with Gasteiger partial charge in [0.15, 0.2) is 11.6 Å². The third-order valence-corrected chi connectivity index (χ3v) is 4.72. The van der Waals surface area contributed by atoms with E-state index in [9.17, 15) is 14.0 Å². The first-order chi connectivity index (χ1) is 13.4. The van der Waals surface area contributed by atoms with Crippen molar-refractivity contribution in [3.8, 4) is 11.5 Å². The lowest BCUT2D eigenvalue weighted by molar-refractivity contribution is -0.149. The lowest BCUT2D eigenvalue weighted by Crippen LogP contribution is -2.26. The molecule has 2 aromatic carbocycles. The number of esters is 1. The second kappa shape index (κ2) is 8.48. The molecule has 1 heterocycles. The van der Waals surface area contributed by atoms with E-state index < -0.39 is 17.7 Å². The van der Waals surface area contributed by atoms with Crippen molar-refractivity contribution >= 4 is 29.2 Å². The van der Waals surface area contributed by atoms with Crippen LogP contribution in [0.3, 0.4) is 0 Å². The highest BCUT2D eigenvalue weighted by Crippen LogP contribution is 2.35. The molecule has 0 radical (unpaired) electrons. The molecule has 1 atom stereocenters. The molecule has 0 aromatic heterocycles. The molecule has 0 spiro atoms. The highest BCUT2D eigenvalue weighted by Gasteiger charge is 2.37. The van der Waals surface area contributed by atoms with Crippen LogP contribution in [0.5, 0.6) is 11.5 Å². The number of nitrogens with zero attached hydrogens (tertiary/aromatic N) is 1. The van der Waals surface area contributed by atoms with Gasteiger partial charge in [-0.05, 0) is 35.9 Å². The highest BCUT2D eigenvalue weighted by molar-refractivity contribution is 6.31. The van der Waals surface area contributed by atoms with Gasteiger partial charge in [-0.15, -0.1) is 0 Å². The molecule has 0 unspecified atom stereocenters. The van der Waals surface area contributed by atoms with Crippen molar-refractivity contribution < 1.29 is 28.2 Å². The van der Waals surface area contributed by atoms with Gasteiger partial charge in [0.1, 0.15) is 12.4 Å². The Bertz CT molecular complexity index is 904. The van der Waals surface area contributed by atoms with Gasteiger partial charge in [-0.1, -0.05) is 17.7 Å². The second-order valence-corrected chi connectivity index (χ2v) is 6.73. The minimum Gasteiger partial charge on any atom is -0.495 e. The summed E-state index contributed by atoms with van der Waals surface area (Å²) in [6.45, 7) is 0.0657. The van der Waals surface area contributed by atoms with Crippen LogP contribution in [0, 0.1) is 11.7 Å². The largest absolute Gasteiger partial charge is 0.495 e. The molecule has 3 rings (SSSR count). The molecule has 6 nitrogen and oxygen atoms in total. The van der Waals surface area contributed by atoms with Crippen molar-refractivity contribution in [2.45, 2.75) is 13.0 Å². The number of anilines is 1. The Hall–Kier alpha value is -2.80. The summed E-state index contributed by atoms with van der Waals surface area (Å²) in [5, 5.41) is 0.455. The van der Waals surface area contributed by atoms with Crippen LogP contribution in [0.1, 0.15) is 12.0 Å². The van der Waals surface area contributed by atoms with Gasteiger partial charge in [-0.25, -0.2) is 4.39 Å². The summed E-state index contributed by atoms with van der Waals surface area (Å²) in [7, 11) is 2.86. The van der Waals surface area contributed by atoms with Gasteiger partial charge in [-0.2, -0.15) is 0 Å². The monoisotopic (exact) mass is 407 g/mol. The van der Waals surface area contributed by atoms with E-state index in [1.54, 1.807) is 24.3 Å². The van der Waals surface area contributed by atoms with Gasteiger partial charge in [0, 0.05) is 18.0 Å². The maximum atomic E-state index is 13.7. The summed E-state index contributed by atoms with van der Waals surface area (Å²) in [4.78, 5) is 26.3. The Balaban J connectivity index is 1.65. The first-order valence-electron chi connectivity index (χ1n) is 8.56. The third-order valence-electron chi connectivity index (χ3n) is 4.49. The van der Waals surface area contributed by atoms with E-state index in [1.165, 1.54) is 31.3 Å². The van der Waals surface area contributed by atoms with E-state index in [4.69, 9.17) is 25.8 Å². The summed E-state index contributed by atoms with van der Waals surface area (Å²) >= 11 is 6.03. The highest BCUT2D eigenvalue weighted by atomic mass is 35.5. The van der Waals surface area contributed by atoms with Crippen molar-refractivity contribution in [1.82, 2.24) is 0 Å². The van der Waals surface area contributed by atoms with Gasteiger partial charge in [0.2, 0.25) is 5.91 Å². The Kier molecular flexibility index (Phi) is 6.04. The summed E-state index contributed by atoms with van der Waals surface area (Å²) in [5.41, 5.74) is 0.997. The minimum atomic E-state index is -0.626. The Morgan fingerprint density at radius 1 is 1.18 bits per heavy atom. The Labute approximate surface area is 166 Å². The van der Waals surface area contributed by atoms with Crippen molar-refractivity contribution in [2.75, 3.05) is 25.7 Å². The summed E-state index contributed by atoms with van der Waals surface area (Å²) in [6, 6.07) is 9.25. The zero-order valence-electron chi connectivity index (χ0n) is 15.4.